The zero-order valence-corrected chi connectivity index (χ0v) is 15.3. The van der Waals surface area contributed by atoms with Gasteiger partial charge in [-0.3, -0.25) is 4.79 Å². The molecule has 6 heteroatoms. The first kappa shape index (κ1) is 17.4. The number of nitrogens with one attached hydrogen (secondary N) is 1. The molecule has 0 radical (unpaired) electrons. The van der Waals surface area contributed by atoms with Gasteiger partial charge in [-0.15, -0.1) is 11.3 Å². The summed E-state index contributed by atoms with van der Waals surface area (Å²) in [6.45, 7) is 0.571. The largest absolute Gasteiger partial charge is 0.465 e. The lowest BCUT2D eigenvalue weighted by atomic mass is 10.1. The van der Waals surface area contributed by atoms with E-state index >= 15 is 0 Å². The Kier molecular flexibility index (Phi) is 5.63. The summed E-state index contributed by atoms with van der Waals surface area (Å²) < 4.78 is 4.64. The van der Waals surface area contributed by atoms with E-state index in [-0.39, 0.29) is 5.91 Å². The molecule has 0 unspecified atom stereocenters. The van der Waals surface area contributed by atoms with Gasteiger partial charge in [0.15, 0.2) is 0 Å². The highest BCUT2D eigenvalue weighted by Gasteiger charge is 2.09. The van der Waals surface area contributed by atoms with Crippen LogP contribution in [0, 0.1) is 0 Å². The maximum Gasteiger partial charge on any atom is 0.337 e. The van der Waals surface area contributed by atoms with Gasteiger partial charge in [0.25, 0.3) is 5.91 Å². The molecule has 0 atom stereocenters. The Labute approximate surface area is 154 Å². The molecule has 0 aliphatic carbocycles. The van der Waals surface area contributed by atoms with E-state index in [9.17, 15) is 9.59 Å². The fourth-order valence-corrected chi connectivity index (χ4v) is 4.08. The number of thiophene rings is 2. The van der Waals surface area contributed by atoms with E-state index in [0.717, 1.165) is 6.42 Å². The van der Waals surface area contributed by atoms with Crippen molar-refractivity contribution in [2.75, 3.05) is 13.7 Å². The van der Waals surface area contributed by atoms with Crippen molar-refractivity contribution in [1.82, 2.24) is 5.32 Å². The van der Waals surface area contributed by atoms with Crippen molar-refractivity contribution in [2.24, 2.45) is 0 Å². The van der Waals surface area contributed by atoms with Crippen LogP contribution in [0.3, 0.4) is 0 Å². The SMILES string of the molecule is COC(=O)c1ccc(C(=O)NCCc2ccc(-c3ccsc3)s2)cc1. The van der Waals surface area contributed by atoms with Gasteiger partial charge in [0.1, 0.15) is 0 Å². The third kappa shape index (κ3) is 4.35. The Morgan fingerprint density at radius 2 is 1.80 bits per heavy atom. The van der Waals surface area contributed by atoms with E-state index in [1.54, 1.807) is 46.9 Å². The molecule has 128 valence electrons. The van der Waals surface area contributed by atoms with Crippen molar-refractivity contribution in [3.8, 4) is 10.4 Å². The number of hydrogen-bond acceptors (Lipinski definition) is 5. The molecule has 2 aromatic heterocycles. The Morgan fingerprint density at radius 1 is 1.04 bits per heavy atom. The standard InChI is InChI=1S/C19H17NO3S2/c1-23-19(22)14-4-2-13(3-5-14)18(21)20-10-8-16-6-7-17(25-16)15-9-11-24-12-15/h2-7,9,11-12H,8,10H2,1H3,(H,20,21). The summed E-state index contributed by atoms with van der Waals surface area (Å²) in [6.07, 6.45) is 0.792. The predicted octanol–water partition coefficient (Wildman–Crippen LogP) is 4.24. The second kappa shape index (κ2) is 8.09. The van der Waals surface area contributed by atoms with Crippen LogP contribution in [0.1, 0.15) is 25.6 Å². The molecule has 0 saturated heterocycles. The van der Waals surface area contributed by atoms with E-state index < -0.39 is 5.97 Å². The molecule has 1 amide bonds. The smallest absolute Gasteiger partial charge is 0.337 e. The summed E-state index contributed by atoms with van der Waals surface area (Å²) in [5, 5.41) is 7.11. The lowest BCUT2D eigenvalue weighted by Crippen LogP contribution is -2.25. The van der Waals surface area contributed by atoms with E-state index in [1.807, 2.05) is 0 Å². The number of amides is 1. The van der Waals surface area contributed by atoms with Crippen LogP contribution in [-0.4, -0.2) is 25.5 Å². The van der Waals surface area contributed by atoms with Gasteiger partial charge in [0.2, 0.25) is 0 Å². The Balaban J connectivity index is 1.52. The molecule has 0 bridgehead atoms. The molecule has 0 fully saturated rings. The third-order valence-corrected chi connectivity index (χ3v) is 5.57. The summed E-state index contributed by atoms with van der Waals surface area (Å²) >= 11 is 3.44. The number of esters is 1. The molecule has 2 heterocycles. The zero-order valence-electron chi connectivity index (χ0n) is 13.7. The molecule has 3 rings (SSSR count). The second-order valence-corrected chi connectivity index (χ2v) is 7.30. The molecular formula is C19H17NO3S2. The summed E-state index contributed by atoms with van der Waals surface area (Å²) in [5.74, 6) is -0.558. The normalized spacial score (nSPS) is 10.4. The minimum atomic E-state index is -0.411. The molecule has 0 aliphatic heterocycles. The highest BCUT2D eigenvalue weighted by atomic mass is 32.1. The number of carbonyl (C=O) groups excluding carboxylic acids is 2. The molecule has 4 nitrogen and oxygen atoms in total. The molecule has 1 N–H and O–H groups in total. The van der Waals surface area contributed by atoms with Gasteiger partial charge in [-0.25, -0.2) is 4.79 Å². The van der Waals surface area contributed by atoms with Gasteiger partial charge in [-0.1, -0.05) is 0 Å². The van der Waals surface area contributed by atoms with Crippen molar-refractivity contribution >= 4 is 34.6 Å². The first-order chi connectivity index (χ1) is 12.2. The van der Waals surface area contributed by atoms with E-state index in [4.69, 9.17) is 0 Å². The fourth-order valence-electron chi connectivity index (χ4n) is 2.35. The minimum Gasteiger partial charge on any atom is -0.465 e. The summed E-state index contributed by atoms with van der Waals surface area (Å²) in [7, 11) is 1.33. The highest BCUT2D eigenvalue weighted by Crippen LogP contribution is 2.29. The van der Waals surface area contributed by atoms with Gasteiger partial charge in [-0.05, 0) is 59.6 Å². The van der Waals surface area contributed by atoms with E-state index in [2.05, 4.69) is 39.0 Å². The first-order valence-electron chi connectivity index (χ1n) is 7.75. The Hall–Kier alpha value is -2.44. The number of methoxy groups -OCH3 is 1. The van der Waals surface area contributed by atoms with Gasteiger partial charge >= 0.3 is 5.97 Å². The molecule has 3 aromatic rings. The Morgan fingerprint density at radius 3 is 2.48 bits per heavy atom. The zero-order chi connectivity index (χ0) is 17.6. The molecular weight excluding hydrogens is 354 g/mol. The molecule has 0 aliphatic rings. The van der Waals surface area contributed by atoms with Crippen LogP contribution in [0.15, 0.2) is 53.2 Å². The maximum absolute atomic E-state index is 12.2. The van der Waals surface area contributed by atoms with Crippen LogP contribution in [0.5, 0.6) is 0 Å². The van der Waals surface area contributed by atoms with Gasteiger partial charge in [-0.2, -0.15) is 11.3 Å². The van der Waals surface area contributed by atoms with Crippen LogP contribution in [-0.2, 0) is 11.2 Å². The van der Waals surface area contributed by atoms with Crippen molar-refractivity contribution in [1.29, 1.82) is 0 Å². The van der Waals surface area contributed by atoms with Crippen molar-refractivity contribution in [3.05, 3.63) is 69.2 Å². The molecule has 0 saturated carbocycles. The monoisotopic (exact) mass is 371 g/mol. The van der Waals surface area contributed by atoms with Crippen molar-refractivity contribution in [2.45, 2.75) is 6.42 Å². The lowest BCUT2D eigenvalue weighted by Gasteiger charge is -2.05. The van der Waals surface area contributed by atoms with Crippen LogP contribution < -0.4 is 5.32 Å². The van der Waals surface area contributed by atoms with Gasteiger partial charge in [0, 0.05) is 27.4 Å². The third-order valence-electron chi connectivity index (χ3n) is 3.69. The predicted molar refractivity (Wildman–Crippen MR) is 101 cm³/mol. The van der Waals surface area contributed by atoms with E-state index in [0.29, 0.717) is 17.7 Å². The summed E-state index contributed by atoms with van der Waals surface area (Å²) in [5.41, 5.74) is 2.20. The quantitative estimate of drug-likeness (QED) is 0.660. The van der Waals surface area contributed by atoms with Crippen LogP contribution in [0.4, 0.5) is 0 Å². The Bertz CT molecular complexity index is 851. The topological polar surface area (TPSA) is 55.4 Å². The lowest BCUT2D eigenvalue weighted by molar-refractivity contribution is 0.0600. The number of hydrogen-bond donors (Lipinski definition) is 1. The van der Waals surface area contributed by atoms with Crippen molar-refractivity contribution < 1.29 is 14.3 Å². The average Bonchev–Trinajstić information content (AvgIpc) is 3.32. The van der Waals surface area contributed by atoms with Crippen molar-refractivity contribution in [3.63, 3.8) is 0 Å². The van der Waals surface area contributed by atoms with Crippen LogP contribution in [0.25, 0.3) is 10.4 Å². The fraction of sp³-hybridized carbons (Fsp3) is 0.158. The van der Waals surface area contributed by atoms with Crippen LogP contribution >= 0.6 is 22.7 Å². The van der Waals surface area contributed by atoms with Crippen LogP contribution in [0.2, 0.25) is 0 Å². The maximum atomic E-state index is 12.2. The first-order valence-corrected chi connectivity index (χ1v) is 9.51. The molecule has 0 spiro atoms. The number of rotatable bonds is 6. The second-order valence-electron chi connectivity index (χ2n) is 5.35. The molecule has 1 aromatic carbocycles. The molecule has 25 heavy (non-hydrogen) atoms. The van der Waals surface area contributed by atoms with E-state index in [1.165, 1.54) is 22.4 Å². The van der Waals surface area contributed by atoms with Gasteiger partial charge in [0.05, 0.1) is 12.7 Å². The van der Waals surface area contributed by atoms with Gasteiger partial charge < -0.3 is 10.1 Å². The average molecular weight is 371 g/mol. The number of benzene rings is 1. The number of ether oxygens (including phenoxy) is 1. The summed E-state index contributed by atoms with van der Waals surface area (Å²) in [6, 6.07) is 12.8. The summed E-state index contributed by atoms with van der Waals surface area (Å²) in [4.78, 5) is 26.0. The highest BCUT2D eigenvalue weighted by molar-refractivity contribution is 7.16. The minimum absolute atomic E-state index is 0.147. The number of carbonyl (C=O) groups is 2.